The SMILES string of the molecule is CCCCCCCCCCCCCCCCCCCCCCC(=O)NC(COC1OC(CO)C(OC2OC(CO)C(O)C(O)C2O)C(O)C1O)C(O)CCCCCCCCC. The summed E-state index contributed by atoms with van der Waals surface area (Å²) in [5.74, 6) is -0.207. The Balaban J connectivity index is 1.74. The van der Waals surface area contributed by atoms with Crippen LogP contribution < -0.4 is 5.32 Å². The predicted octanol–water partition coefficient (Wildman–Crippen LogP) is 5.83. The molecule has 0 radical (unpaired) electrons. The zero-order valence-corrected chi connectivity index (χ0v) is 38.2. The first-order valence-electron chi connectivity index (χ1n) is 24.8. The van der Waals surface area contributed by atoms with Crippen molar-refractivity contribution in [1.82, 2.24) is 5.32 Å². The summed E-state index contributed by atoms with van der Waals surface area (Å²) in [5.41, 5.74) is 0. The van der Waals surface area contributed by atoms with Crippen molar-refractivity contribution in [3.63, 3.8) is 0 Å². The van der Waals surface area contributed by atoms with E-state index in [9.17, 15) is 45.6 Å². The van der Waals surface area contributed by atoms with Crippen molar-refractivity contribution in [2.45, 2.75) is 274 Å². The predicted molar refractivity (Wildman–Crippen MR) is 236 cm³/mol. The van der Waals surface area contributed by atoms with Crippen LogP contribution in [0.2, 0.25) is 0 Å². The van der Waals surface area contributed by atoms with E-state index in [0.717, 1.165) is 51.4 Å². The molecule has 0 bridgehead atoms. The van der Waals surface area contributed by atoms with E-state index >= 15 is 0 Å². The minimum atomic E-state index is -1.78. The smallest absolute Gasteiger partial charge is 0.220 e. The summed E-state index contributed by atoms with van der Waals surface area (Å²) >= 11 is 0. The first kappa shape index (κ1) is 56.1. The number of aliphatic hydroxyl groups excluding tert-OH is 8. The molecule has 0 aromatic carbocycles. The molecule has 0 saturated carbocycles. The third kappa shape index (κ3) is 23.1. The molecule has 362 valence electrons. The molecular formula is C47H91NO13. The first-order chi connectivity index (χ1) is 29.6. The maximum Gasteiger partial charge on any atom is 0.220 e. The van der Waals surface area contributed by atoms with Crippen LogP contribution in [0.25, 0.3) is 0 Å². The van der Waals surface area contributed by atoms with Gasteiger partial charge < -0.3 is 65.1 Å². The molecule has 2 saturated heterocycles. The zero-order chi connectivity index (χ0) is 44.7. The molecule has 14 heteroatoms. The average molecular weight is 878 g/mol. The molecule has 0 spiro atoms. The molecule has 12 unspecified atom stereocenters. The Labute approximate surface area is 368 Å². The number of unbranched alkanes of at least 4 members (excludes halogenated alkanes) is 25. The van der Waals surface area contributed by atoms with Crippen molar-refractivity contribution in [3.05, 3.63) is 0 Å². The molecule has 14 nitrogen and oxygen atoms in total. The maximum absolute atomic E-state index is 13.1. The van der Waals surface area contributed by atoms with E-state index in [1.54, 1.807) is 0 Å². The van der Waals surface area contributed by atoms with E-state index in [0.29, 0.717) is 12.8 Å². The van der Waals surface area contributed by atoms with Crippen LogP contribution in [0, 0.1) is 0 Å². The number of hydrogen-bond acceptors (Lipinski definition) is 13. The normalized spacial score (nSPS) is 27.9. The van der Waals surface area contributed by atoms with Gasteiger partial charge >= 0.3 is 0 Å². The van der Waals surface area contributed by atoms with Crippen molar-refractivity contribution < 1.29 is 64.6 Å². The van der Waals surface area contributed by atoms with Crippen molar-refractivity contribution in [3.8, 4) is 0 Å². The molecule has 0 aromatic heterocycles. The molecule has 0 aromatic rings. The standard InChI is InChI=1S/C47H91NO13/c1-3-5-7-9-11-12-13-14-15-16-17-18-19-20-21-22-23-25-27-29-31-39(52)48-35(36(51)30-28-26-24-10-8-6-4-2)34-58-46-44(57)42(55)45(38(33-50)60-46)61-47-43(56)41(54)40(53)37(32-49)59-47/h35-38,40-47,49-51,53-57H,3-34H2,1-2H3,(H,48,52). The fourth-order valence-corrected chi connectivity index (χ4v) is 8.47. The minimum Gasteiger partial charge on any atom is -0.394 e. The van der Waals surface area contributed by atoms with Gasteiger partial charge in [0.1, 0.15) is 48.8 Å². The zero-order valence-electron chi connectivity index (χ0n) is 38.2. The Bertz CT molecular complexity index is 1040. The van der Waals surface area contributed by atoms with Gasteiger partial charge in [0, 0.05) is 6.42 Å². The fourth-order valence-electron chi connectivity index (χ4n) is 8.47. The second-order valence-electron chi connectivity index (χ2n) is 18.0. The van der Waals surface area contributed by atoms with Crippen LogP contribution in [-0.4, -0.2) is 140 Å². The summed E-state index contributed by atoms with van der Waals surface area (Å²) in [6, 6.07) is -0.818. The highest BCUT2D eigenvalue weighted by atomic mass is 16.7. The van der Waals surface area contributed by atoms with Gasteiger partial charge in [-0.2, -0.15) is 0 Å². The van der Waals surface area contributed by atoms with E-state index in [1.807, 2.05) is 0 Å². The summed E-state index contributed by atoms with van der Waals surface area (Å²) in [5, 5.41) is 86.5. The van der Waals surface area contributed by atoms with Crippen LogP contribution in [0.1, 0.15) is 200 Å². The lowest BCUT2D eigenvalue weighted by atomic mass is 9.97. The number of amides is 1. The van der Waals surface area contributed by atoms with Gasteiger partial charge in [-0.05, 0) is 12.8 Å². The van der Waals surface area contributed by atoms with Crippen LogP contribution in [0.3, 0.4) is 0 Å². The number of aliphatic hydroxyl groups is 8. The Morgan fingerprint density at radius 1 is 0.525 bits per heavy atom. The summed E-state index contributed by atoms with van der Waals surface area (Å²) < 4.78 is 22.7. The van der Waals surface area contributed by atoms with E-state index in [2.05, 4.69) is 19.2 Å². The molecule has 12 atom stereocenters. The van der Waals surface area contributed by atoms with Gasteiger partial charge in [-0.15, -0.1) is 0 Å². The molecule has 2 fully saturated rings. The number of ether oxygens (including phenoxy) is 4. The molecule has 2 rings (SSSR count). The third-order valence-electron chi connectivity index (χ3n) is 12.6. The van der Waals surface area contributed by atoms with Crippen molar-refractivity contribution in [2.24, 2.45) is 0 Å². The summed E-state index contributed by atoms with van der Waals surface area (Å²) in [6.07, 6.45) is 17.2. The molecule has 2 aliphatic rings. The molecular weight excluding hydrogens is 787 g/mol. The Morgan fingerprint density at radius 2 is 0.934 bits per heavy atom. The van der Waals surface area contributed by atoms with Crippen molar-refractivity contribution in [2.75, 3.05) is 19.8 Å². The highest BCUT2D eigenvalue weighted by molar-refractivity contribution is 5.76. The lowest BCUT2D eigenvalue weighted by Crippen LogP contribution is -2.65. The molecule has 2 heterocycles. The Kier molecular flexibility index (Phi) is 32.5. The van der Waals surface area contributed by atoms with Crippen LogP contribution in [0.5, 0.6) is 0 Å². The van der Waals surface area contributed by atoms with Crippen LogP contribution in [0.15, 0.2) is 0 Å². The third-order valence-corrected chi connectivity index (χ3v) is 12.6. The van der Waals surface area contributed by atoms with Crippen LogP contribution in [0.4, 0.5) is 0 Å². The van der Waals surface area contributed by atoms with E-state index in [1.165, 1.54) is 122 Å². The molecule has 0 aliphatic carbocycles. The highest BCUT2D eigenvalue weighted by Crippen LogP contribution is 2.30. The Hall–Kier alpha value is -1.01. The summed E-state index contributed by atoms with van der Waals surface area (Å²) in [4.78, 5) is 13.1. The second-order valence-corrected chi connectivity index (χ2v) is 18.0. The quantitative estimate of drug-likeness (QED) is 0.0334. The van der Waals surface area contributed by atoms with E-state index in [4.69, 9.17) is 18.9 Å². The summed E-state index contributed by atoms with van der Waals surface area (Å²) in [6.45, 7) is 2.80. The van der Waals surface area contributed by atoms with Gasteiger partial charge in [0.05, 0.1) is 32.0 Å². The van der Waals surface area contributed by atoms with Gasteiger partial charge in [-0.25, -0.2) is 0 Å². The minimum absolute atomic E-state index is 0.207. The fraction of sp³-hybridized carbons (Fsp3) is 0.979. The topological polar surface area (TPSA) is 228 Å². The average Bonchev–Trinajstić information content (AvgIpc) is 3.26. The Morgan fingerprint density at radius 3 is 1.39 bits per heavy atom. The lowest BCUT2D eigenvalue weighted by Gasteiger charge is -2.46. The van der Waals surface area contributed by atoms with E-state index in [-0.39, 0.29) is 12.5 Å². The molecule has 61 heavy (non-hydrogen) atoms. The van der Waals surface area contributed by atoms with Crippen molar-refractivity contribution in [1.29, 1.82) is 0 Å². The number of nitrogens with one attached hydrogen (secondary N) is 1. The highest BCUT2D eigenvalue weighted by Gasteiger charge is 2.51. The van der Waals surface area contributed by atoms with Crippen LogP contribution in [-0.2, 0) is 23.7 Å². The van der Waals surface area contributed by atoms with Crippen LogP contribution >= 0.6 is 0 Å². The lowest BCUT2D eigenvalue weighted by molar-refractivity contribution is -0.359. The van der Waals surface area contributed by atoms with Gasteiger partial charge in [-0.1, -0.05) is 181 Å². The molecule has 9 N–H and O–H groups in total. The van der Waals surface area contributed by atoms with E-state index < -0.39 is 86.8 Å². The molecule has 2 aliphatic heterocycles. The number of carbonyl (C=O) groups excluding carboxylic acids is 1. The maximum atomic E-state index is 13.1. The van der Waals surface area contributed by atoms with Gasteiger partial charge in [0.15, 0.2) is 12.6 Å². The van der Waals surface area contributed by atoms with Gasteiger partial charge in [-0.3, -0.25) is 4.79 Å². The summed E-state index contributed by atoms with van der Waals surface area (Å²) in [7, 11) is 0. The number of rotatable bonds is 38. The van der Waals surface area contributed by atoms with Gasteiger partial charge in [0.25, 0.3) is 0 Å². The van der Waals surface area contributed by atoms with Crippen molar-refractivity contribution >= 4 is 5.91 Å². The van der Waals surface area contributed by atoms with Gasteiger partial charge in [0.2, 0.25) is 5.91 Å². The second kappa shape index (κ2) is 35.3. The number of hydrogen-bond donors (Lipinski definition) is 9. The number of carbonyl (C=O) groups is 1. The monoisotopic (exact) mass is 878 g/mol. The molecule has 1 amide bonds. The first-order valence-corrected chi connectivity index (χ1v) is 24.8. The largest absolute Gasteiger partial charge is 0.394 e.